The molecule has 0 aliphatic carbocycles. The largest absolute Gasteiger partial charge is 0.497 e. The molecule has 6 nitrogen and oxygen atoms in total. The lowest BCUT2D eigenvalue weighted by molar-refractivity contribution is -0.137. The van der Waals surface area contributed by atoms with Crippen molar-refractivity contribution in [2.75, 3.05) is 57.8 Å². The zero-order chi connectivity index (χ0) is 25.1. The molecule has 0 atom stereocenters. The Morgan fingerprint density at radius 1 is 1.00 bits per heavy atom. The third kappa shape index (κ3) is 6.08. The monoisotopic (exact) mass is 491 g/mol. The van der Waals surface area contributed by atoms with Gasteiger partial charge in [0.15, 0.2) is 0 Å². The number of likely N-dealkylation sites (tertiary alicyclic amines) is 1. The van der Waals surface area contributed by atoms with Crippen LogP contribution in [0.5, 0.6) is 5.75 Å². The molecule has 2 aliphatic rings. The van der Waals surface area contributed by atoms with E-state index in [0.29, 0.717) is 26.1 Å². The second kappa shape index (κ2) is 10.5. The summed E-state index contributed by atoms with van der Waals surface area (Å²) in [5, 5.41) is 11.0. The van der Waals surface area contributed by atoms with Crippen molar-refractivity contribution in [3.63, 3.8) is 0 Å². The molecule has 0 saturated carbocycles. The number of hydrogen-bond acceptors (Lipinski definition) is 5. The number of methoxy groups -OCH3 is 1. The Labute approximate surface area is 203 Å². The first kappa shape index (κ1) is 25.3. The standard InChI is InChI=1S/C26H32F3N3O3/c1-35-23-7-5-22(6-8-23)31-17-15-30(16-18-31)12-9-24(33)32-13-10-25(34,11-14-32)20-3-2-4-21(19-20)26(27,28)29/h2-8,19,34H,9-18H2,1H3. The lowest BCUT2D eigenvalue weighted by atomic mass is 9.83. The Hall–Kier alpha value is -2.78. The van der Waals surface area contributed by atoms with Gasteiger partial charge in [-0.3, -0.25) is 9.69 Å². The lowest BCUT2D eigenvalue weighted by Gasteiger charge is -2.39. The van der Waals surface area contributed by atoms with Crippen LogP contribution in [0, 0.1) is 0 Å². The van der Waals surface area contributed by atoms with Crippen LogP contribution in [0.1, 0.15) is 30.4 Å². The quantitative estimate of drug-likeness (QED) is 0.668. The van der Waals surface area contributed by atoms with Crippen LogP contribution < -0.4 is 9.64 Å². The highest BCUT2D eigenvalue weighted by Gasteiger charge is 2.38. The van der Waals surface area contributed by atoms with Gasteiger partial charge in [-0.25, -0.2) is 0 Å². The summed E-state index contributed by atoms with van der Waals surface area (Å²) in [4.78, 5) is 19.1. The van der Waals surface area contributed by atoms with Crippen LogP contribution in [-0.4, -0.2) is 73.7 Å². The molecule has 190 valence electrons. The molecule has 2 aromatic carbocycles. The van der Waals surface area contributed by atoms with Gasteiger partial charge < -0.3 is 19.6 Å². The van der Waals surface area contributed by atoms with Crippen LogP contribution in [0.2, 0.25) is 0 Å². The Kier molecular flexibility index (Phi) is 7.56. The molecule has 2 saturated heterocycles. The van der Waals surface area contributed by atoms with Crippen LogP contribution in [0.3, 0.4) is 0 Å². The van der Waals surface area contributed by atoms with Crippen molar-refractivity contribution in [3.05, 3.63) is 59.7 Å². The average Bonchev–Trinajstić information content (AvgIpc) is 2.88. The predicted molar refractivity (Wildman–Crippen MR) is 127 cm³/mol. The van der Waals surface area contributed by atoms with Crippen molar-refractivity contribution in [1.82, 2.24) is 9.80 Å². The van der Waals surface area contributed by atoms with Gasteiger partial charge in [0.05, 0.1) is 18.3 Å². The molecule has 1 amide bonds. The minimum Gasteiger partial charge on any atom is -0.497 e. The molecule has 9 heteroatoms. The number of benzene rings is 2. The third-order valence-electron chi connectivity index (χ3n) is 7.12. The first-order valence-electron chi connectivity index (χ1n) is 12.0. The lowest BCUT2D eigenvalue weighted by Crippen LogP contribution is -2.48. The van der Waals surface area contributed by atoms with Gasteiger partial charge in [-0.1, -0.05) is 12.1 Å². The summed E-state index contributed by atoms with van der Waals surface area (Å²) >= 11 is 0. The van der Waals surface area contributed by atoms with E-state index in [4.69, 9.17) is 4.74 Å². The Morgan fingerprint density at radius 2 is 1.66 bits per heavy atom. The Morgan fingerprint density at radius 3 is 2.26 bits per heavy atom. The van der Waals surface area contributed by atoms with Crippen LogP contribution in [0.15, 0.2) is 48.5 Å². The Balaban J connectivity index is 1.22. The number of anilines is 1. The number of halogens is 3. The van der Waals surface area contributed by atoms with Crippen molar-refractivity contribution >= 4 is 11.6 Å². The number of hydrogen-bond donors (Lipinski definition) is 1. The van der Waals surface area contributed by atoms with Crippen molar-refractivity contribution in [2.24, 2.45) is 0 Å². The fraction of sp³-hybridized carbons (Fsp3) is 0.500. The normalized spacial score (nSPS) is 19.0. The van der Waals surface area contributed by atoms with Gasteiger partial charge in [-0.2, -0.15) is 13.2 Å². The molecule has 2 aliphatic heterocycles. The van der Waals surface area contributed by atoms with E-state index in [-0.39, 0.29) is 24.3 Å². The summed E-state index contributed by atoms with van der Waals surface area (Å²) in [6, 6.07) is 12.9. The highest BCUT2D eigenvalue weighted by Crippen LogP contribution is 2.36. The number of ether oxygens (including phenoxy) is 1. The SMILES string of the molecule is COc1ccc(N2CCN(CCC(=O)N3CCC(O)(c4cccc(C(F)(F)F)c4)CC3)CC2)cc1. The molecule has 1 N–H and O–H groups in total. The maximum Gasteiger partial charge on any atom is 0.416 e. The molecule has 0 bridgehead atoms. The van der Waals surface area contributed by atoms with Crippen LogP contribution in [-0.2, 0) is 16.6 Å². The molecule has 2 aromatic rings. The zero-order valence-corrected chi connectivity index (χ0v) is 19.9. The summed E-state index contributed by atoms with van der Waals surface area (Å²) < 4.78 is 44.4. The molecule has 4 rings (SSSR count). The topological polar surface area (TPSA) is 56.2 Å². The number of rotatable bonds is 6. The van der Waals surface area contributed by atoms with Crippen LogP contribution in [0.25, 0.3) is 0 Å². The predicted octanol–water partition coefficient (Wildman–Crippen LogP) is 3.74. The second-order valence-corrected chi connectivity index (χ2v) is 9.27. The van der Waals surface area contributed by atoms with Gasteiger partial charge in [0.25, 0.3) is 0 Å². The maximum atomic E-state index is 13.1. The number of amides is 1. The van der Waals surface area contributed by atoms with E-state index in [1.807, 2.05) is 12.1 Å². The van der Waals surface area contributed by atoms with Crippen molar-refractivity contribution in [2.45, 2.75) is 31.0 Å². The van der Waals surface area contributed by atoms with E-state index in [2.05, 4.69) is 21.9 Å². The number of piperazine rings is 1. The molecule has 0 unspecified atom stereocenters. The molecular formula is C26H32F3N3O3. The molecule has 0 radical (unpaired) electrons. The second-order valence-electron chi connectivity index (χ2n) is 9.27. The van der Waals surface area contributed by atoms with Gasteiger partial charge in [-0.15, -0.1) is 0 Å². The fourth-order valence-electron chi connectivity index (χ4n) is 4.83. The summed E-state index contributed by atoms with van der Waals surface area (Å²) in [5.74, 6) is 0.852. The molecule has 2 fully saturated rings. The summed E-state index contributed by atoms with van der Waals surface area (Å²) in [6.07, 6.45) is -3.62. The van der Waals surface area contributed by atoms with Gasteiger partial charge >= 0.3 is 6.18 Å². The van der Waals surface area contributed by atoms with E-state index in [0.717, 1.165) is 49.7 Å². The van der Waals surface area contributed by atoms with Crippen LogP contribution in [0.4, 0.5) is 18.9 Å². The summed E-state index contributed by atoms with van der Waals surface area (Å²) in [7, 11) is 1.65. The molecule has 0 aromatic heterocycles. The maximum absolute atomic E-state index is 13.1. The van der Waals surface area contributed by atoms with Crippen molar-refractivity contribution < 1.29 is 27.8 Å². The number of alkyl halides is 3. The highest BCUT2D eigenvalue weighted by atomic mass is 19.4. The smallest absolute Gasteiger partial charge is 0.416 e. The molecule has 0 spiro atoms. The summed E-state index contributed by atoms with van der Waals surface area (Å²) in [5.41, 5.74) is -0.707. The van der Waals surface area contributed by atoms with E-state index in [1.54, 1.807) is 12.0 Å². The average molecular weight is 492 g/mol. The first-order chi connectivity index (χ1) is 16.7. The van der Waals surface area contributed by atoms with Gasteiger partial charge in [-0.05, 0) is 54.8 Å². The van der Waals surface area contributed by atoms with Gasteiger partial charge in [0.2, 0.25) is 5.91 Å². The van der Waals surface area contributed by atoms with E-state index in [1.165, 1.54) is 12.1 Å². The highest BCUT2D eigenvalue weighted by molar-refractivity contribution is 5.76. The fourth-order valence-corrected chi connectivity index (χ4v) is 4.83. The number of nitrogens with zero attached hydrogens (tertiary/aromatic N) is 3. The minimum absolute atomic E-state index is 0.0219. The minimum atomic E-state index is -4.46. The van der Waals surface area contributed by atoms with Gasteiger partial charge in [0, 0.05) is 57.9 Å². The van der Waals surface area contributed by atoms with Gasteiger partial charge in [0.1, 0.15) is 5.75 Å². The third-order valence-corrected chi connectivity index (χ3v) is 7.12. The molecular weight excluding hydrogens is 459 g/mol. The number of carbonyl (C=O) groups is 1. The molecule has 35 heavy (non-hydrogen) atoms. The molecule has 2 heterocycles. The zero-order valence-electron chi connectivity index (χ0n) is 19.9. The number of carbonyl (C=O) groups excluding carboxylic acids is 1. The first-order valence-corrected chi connectivity index (χ1v) is 12.0. The van der Waals surface area contributed by atoms with Crippen LogP contribution >= 0.6 is 0 Å². The van der Waals surface area contributed by atoms with E-state index in [9.17, 15) is 23.1 Å². The van der Waals surface area contributed by atoms with Crippen molar-refractivity contribution in [3.8, 4) is 5.75 Å². The van der Waals surface area contributed by atoms with E-state index >= 15 is 0 Å². The number of aliphatic hydroxyl groups is 1. The summed E-state index contributed by atoms with van der Waals surface area (Å²) in [6.45, 7) is 4.84. The van der Waals surface area contributed by atoms with E-state index < -0.39 is 17.3 Å². The van der Waals surface area contributed by atoms with Crippen molar-refractivity contribution in [1.29, 1.82) is 0 Å². The number of piperidine rings is 1. The Bertz CT molecular complexity index is 997.